The van der Waals surface area contributed by atoms with Crippen molar-refractivity contribution in [3.8, 4) is 17.2 Å². The van der Waals surface area contributed by atoms with E-state index >= 15 is 0 Å². The molecule has 0 unspecified atom stereocenters. The van der Waals surface area contributed by atoms with Crippen LogP contribution in [0.4, 0.5) is 0 Å². The molecule has 7 heteroatoms. The smallest absolute Gasteiger partial charge is 0.336 e. The number of aryl methyl sites for hydroxylation is 2. The van der Waals surface area contributed by atoms with Crippen LogP contribution in [0.5, 0.6) is 17.2 Å². The van der Waals surface area contributed by atoms with Crippen LogP contribution in [0.15, 0.2) is 39.5 Å². The third kappa shape index (κ3) is 4.03. The lowest BCUT2D eigenvalue weighted by atomic mass is 10.0. The van der Waals surface area contributed by atoms with E-state index in [-0.39, 0.29) is 12.5 Å². The molecular formula is C22H23NO6. The van der Waals surface area contributed by atoms with Gasteiger partial charge in [-0.05, 0) is 48.7 Å². The lowest BCUT2D eigenvalue weighted by Crippen LogP contribution is -2.23. The summed E-state index contributed by atoms with van der Waals surface area (Å²) in [5, 5.41) is 3.64. The maximum absolute atomic E-state index is 12.7. The summed E-state index contributed by atoms with van der Waals surface area (Å²) in [7, 11) is 4.47. The molecule has 3 aromatic rings. The molecule has 1 aromatic heterocycles. The number of nitrogens with one attached hydrogen (secondary N) is 1. The molecule has 0 spiro atoms. The Bertz CT molecular complexity index is 1110. The second kappa shape index (κ2) is 8.26. The van der Waals surface area contributed by atoms with Crippen LogP contribution < -0.4 is 25.2 Å². The monoisotopic (exact) mass is 397 g/mol. The zero-order valence-corrected chi connectivity index (χ0v) is 17.0. The van der Waals surface area contributed by atoms with Crippen LogP contribution >= 0.6 is 0 Å². The maximum Gasteiger partial charge on any atom is 0.336 e. The van der Waals surface area contributed by atoms with Gasteiger partial charge in [-0.15, -0.1) is 0 Å². The number of rotatable bonds is 6. The fourth-order valence-electron chi connectivity index (χ4n) is 3.31. The van der Waals surface area contributed by atoms with Gasteiger partial charge < -0.3 is 23.9 Å². The minimum absolute atomic E-state index is 0.167. The Morgan fingerprint density at radius 1 is 0.966 bits per heavy atom. The molecule has 0 atom stereocenters. The van der Waals surface area contributed by atoms with Gasteiger partial charge in [0, 0.05) is 23.6 Å². The first-order valence-electron chi connectivity index (χ1n) is 9.00. The molecule has 0 radical (unpaired) electrons. The number of benzene rings is 2. The maximum atomic E-state index is 12.7. The number of hydrogen-bond acceptors (Lipinski definition) is 6. The van der Waals surface area contributed by atoms with Crippen molar-refractivity contribution in [1.29, 1.82) is 0 Å². The average molecular weight is 397 g/mol. The van der Waals surface area contributed by atoms with E-state index in [4.69, 9.17) is 18.6 Å². The second-order valence-electron chi connectivity index (χ2n) is 6.65. The van der Waals surface area contributed by atoms with Crippen LogP contribution in [0.25, 0.3) is 11.0 Å². The molecule has 0 fully saturated rings. The summed E-state index contributed by atoms with van der Waals surface area (Å²) in [6.45, 7) is 4.02. The van der Waals surface area contributed by atoms with Crippen molar-refractivity contribution < 1.29 is 23.4 Å². The highest BCUT2D eigenvalue weighted by Crippen LogP contribution is 2.38. The van der Waals surface area contributed by atoms with E-state index < -0.39 is 5.63 Å². The molecular weight excluding hydrogens is 374 g/mol. The predicted octanol–water partition coefficient (Wildman–Crippen LogP) is 3.37. The zero-order chi connectivity index (χ0) is 21.1. The van der Waals surface area contributed by atoms with Gasteiger partial charge in [0.2, 0.25) is 5.75 Å². The van der Waals surface area contributed by atoms with Gasteiger partial charge in [0.05, 0.1) is 21.3 Å². The Hall–Kier alpha value is -3.48. The Morgan fingerprint density at radius 3 is 2.21 bits per heavy atom. The average Bonchev–Trinajstić information content (AvgIpc) is 2.71. The molecule has 2 aromatic carbocycles. The highest BCUT2D eigenvalue weighted by atomic mass is 16.5. The van der Waals surface area contributed by atoms with E-state index in [1.807, 2.05) is 26.0 Å². The van der Waals surface area contributed by atoms with Gasteiger partial charge in [0.25, 0.3) is 5.91 Å². The molecule has 152 valence electrons. The Balaban J connectivity index is 1.93. The third-order valence-electron chi connectivity index (χ3n) is 4.63. The first-order chi connectivity index (χ1) is 13.9. The van der Waals surface area contributed by atoms with E-state index in [0.29, 0.717) is 34.0 Å². The summed E-state index contributed by atoms with van der Waals surface area (Å²) >= 11 is 0. The van der Waals surface area contributed by atoms with Gasteiger partial charge in [0.15, 0.2) is 11.5 Å². The molecule has 0 aliphatic carbocycles. The fourth-order valence-corrected chi connectivity index (χ4v) is 3.31. The summed E-state index contributed by atoms with van der Waals surface area (Å²) in [6.07, 6.45) is 0. The van der Waals surface area contributed by atoms with E-state index in [1.54, 1.807) is 12.1 Å². The predicted molar refractivity (Wildman–Crippen MR) is 109 cm³/mol. The van der Waals surface area contributed by atoms with Crippen LogP contribution in [0.3, 0.4) is 0 Å². The summed E-state index contributed by atoms with van der Waals surface area (Å²) < 4.78 is 21.2. The summed E-state index contributed by atoms with van der Waals surface area (Å²) in [6, 6.07) is 8.43. The largest absolute Gasteiger partial charge is 0.493 e. The molecule has 1 amide bonds. The van der Waals surface area contributed by atoms with Crippen molar-refractivity contribution in [2.45, 2.75) is 20.4 Å². The van der Waals surface area contributed by atoms with Gasteiger partial charge in [-0.25, -0.2) is 4.79 Å². The van der Waals surface area contributed by atoms with E-state index in [0.717, 1.165) is 16.5 Å². The molecule has 3 rings (SSSR count). The van der Waals surface area contributed by atoms with E-state index in [1.165, 1.54) is 27.4 Å². The lowest BCUT2D eigenvalue weighted by Gasteiger charge is -2.14. The number of carbonyl (C=O) groups excluding carboxylic acids is 1. The minimum Gasteiger partial charge on any atom is -0.493 e. The molecule has 1 heterocycles. The summed E-state index contributed by atoms with van der Waals surface area (Å²) in [5.74, 6) is 0.835. The first kappa shape index (κ1) is 20.3. The zero-order valence-electron chi connectivity index (χ0n) is 17.0. The molecule has 29 heavy (non-hydrogen) atoms. The van der Waals surface area contributed by atoms with Crippen LogP contribution in [0.2, 0.25) is 0 Å². The third-order valence-corrected chi connectivity index (χ3v) is 4.63. The fraction of sp³-hybridized carbons (Fsp3) is 0.273. The van der Waals surface area contributed by atoms with Crippen LogP contribution in [0.1, 0.15) is 27.0 Å². The highest BCUT2D eigenvalue weighted by molar-refractivity contribution is 5.96. The lowest BCUT2D eigenvalue weighted by molar-refractivity contribution is 0.0950. The van der Waals surface area contributed by atoms with Gasteiger partial charge in [-0.2, -0.15) is 0 Å². The summed E-state index contributed by atoms with van der Waals surface area (Å²) in [4.78, 5) is 24.7. The van der Waals surface area contributed by atoms with E-state index in [9.17, 15) is 9.59 Å². The second-order valence-corrected chi connectivity index (χ2v) is 6.65. The highest BCUT2D eigenvalue weighted by Gasteiger charge is 2.17. The molecule has 7 nitrogen and oxygen atoms in total. The topological polar surface area (TPSA) is 87.0 Å². The molecule has 0 saturated carbocycles. The van der Waals surface area contributed by atoms with Crippen molar-refractivity contribution in [1.82, 2.24) is 5.32 Å². The minimum atomic E-state index is -0.457. The molecule has 0 aliphatic heterocycles. The SMILES string of the molecule is COc1cc(C(=O)NCc2cc(=O)oc3c(C)cc(C)cc23)cc(OC)c1OC. The van der Waals surface area contributed by atoms with Gasteiger partial charge in [-0.3, -0.25) is 4.79 Å². The molecule has 1 N–H and O–H groups in total. The normalized spacial score (nSPS) is 10.7. The Morgan fingerprint density at radius 2 is 1.62 bits per heavy atom. The molecule has 0 aliphatic rings. The van der Waals surface area contributed by atoms with Crippen molar-refractivity contribution in [3.05, 3.63) is 63.0 Å². The first-order valence-corrected chi connectivity index (χ1v) is 9.00. The van der Waals surface area contributed by atoms with Crippen molar-refractivity contribution in [3.63, 3.8) is 0 Å². The Labute approximate surface area is 168 Å². The number of methoxy groups -OCH3 is 3. The molecule has 0 bridgehead atoms. The van der Waals surface area contributed by atoms with Crippen LogP contribution in [0, 0.1) is 13.8 Å². The number of amides is 1. The number of ether oxygens (including phenoxy) is 3. The van der Waals surface area contributed by atoms with Crippen molar-refractivity contribution in [2.75, 3.05) is 21.3 Å². The van der Waals surface area contributed by atoms with Gasteiger partial charge in [-0.1, -0.05) is 6.07 Å². The summed E-state index contributed by atoms with van der Waals surface area (Å²) in [5.41, 5.74) is 3.01. The van der Waals surface area contributed by atoms with E-state index in [2.05, 4.69) is 5.32 Å². The van der Waals surface area contributed by atoms with Crippen molar-refractivity contribution in [2.24, 2.45) is 0 Å². The van der Waals surface area contributed by atoms with Crippen molar-refractivity contribution >= 4 is 16.9 Å². The number of carbonyl (C=O) groups is 1. The number of hydrogen-bond donors (Lipinski definition) is 1. The quantitative estimate of drug-likeness (QED) is 0.642. The van der Waals surface area contributed by atoms with Crippen LogP contribution in [-0.4, -0.2) is 27.2 Å². The van der Waals surface area contributed by atoms with Gasteiger partial charge in [0.1, 0.15) is 5.58 Å². The number of fused-ring (bicyclic) bond motifs is 1. The Kier molecular flexibility index (Phi) is 5.77. The van der Waals surface area contributed by atoms with Crippen LogP contribution in [-0.2, 0) is 6.54 Å². The van der Waals surface area contributed by atoms with Gasteiger partial charge >= 0.3 is 5.63 Å². The molecule has 0 saturated heterocycles. The standard InChI is InChI=1S/C22H23NO6/c1-12-6-13(2)20-16(7-12)15(10-19(24)29-20)11-23-22(25)14-8-17(26-3)21(28-5)18(9-14)27-4/h6-10H,11H2,1-5H3,(H,23,25).